The van der Waals surface area contributed by atoms with Crippen LogP contribution in [0.5, 0.6) is 0 Å². The monoisotopic (exact) mass is 496 g/mol. The minimum Gasteiger partial charge on any atom is -0.478 e. The van der Waals surface area contributed by atoms with E-state index in [1.54, 1.807) is 25.2 Å². The van der Waals surface area contributed by atoms with Gasteiger partial charge in [0.15, 0.2) is 0 Å². The number of carboxylic acids is 1. The van der Waals surface area contributed by atoms with Gasteiger partial charge in [0.2, 0.25) is 10.0 Å². The summed E-state index contributed by atoms with van der Waals surface area (Å²) in [5, 5.41) is 9.87. The maximum absolute atomic E-state index is 13.7. The van der Waals surface area contributed by atoms with E-state index in [0.717, 1.165) is 25.7 Å². The third-order valence-corrected chi connectivity index (χ3v) is 9.30. The van der Waals surface area contributed by atoms with E-state index in [2.05, 4.69) is 0 Å². The van der Waals surface area contributed by atoms with E-state index in [4.69, 9.17) is 23.2 Å². The lowest BCUT2D eigenvalue weighted by molar-refractivity contribution is 0.0697. The second-order valence-corrected chi connectivity index (χ2v) is 11.4. The number of rotatable bonds is 3. The summed E-state index contributed by atoms with van der Waals surface area (Å²) in [5.74, 6) is -0.838. The minimum absolute atomic E-state index is 0.0652. The smallest absolute Gasteiger partial charge is 0.337 e. The average molecular weight is 497 g/mol. The van der Waals surface area contributed by atoms with Crippen LogP contribution < -0.4 is 4.90 Å². The number of hydrogen-bond donors (Lipinski definition) is 1. The van der Waals surface area contributed by atoms with Gasteiger partial charge in [0, 0.05) is 32.2 Å². The Morgan fingerprint density at radius 2 is 1.72 bits per heavy atom. The standard InChI is InChI=1S/C23H26Cl2N2O4S/c1-26-13-21(14-6-4-3-5-7-14)27(2)32(30,31)22-11-16(19(25)12-20(22)26)15-8-9-18(24)17(10-15)23(28)29/h8-12,14,21H,3-7,13H2,1-2H3,(H,28,29)/t21-/m0/s1. The van der Waals surface area contributed by atoms with Crippen LogP contribution in [0, 0.1) is 5.92 Å². The normalized spacial score (nSPS) is 21.8. The van der Waals surface area contributed by atoms with Gasteiger partial charge in [-0.1, -0.05) is 48.5 Å². The molecule has 1 atom stereocenters. The first-order valence-corrected chi connectivity index (χ1v) is 12.9. The highest BCUT2D eigenvalue weighted by molar-refractivity contribution is 7.89. The summed E-state index contributed by atoms with van der Waals surface area (Å²) < 4.78 is 28.9. The molecule has 0 bridgehead atoms. The zero-order chi connectivity index (χ0) is 23.2. The summed E-state index contributed by atoms with van der Waals surface area (Å²) in [4.78, 5) is 13.7. The molecule has 2 aliphatic rings. The molecule has 1 fully saturated rings. The number of nitrogens with zero attached hydrogens (tertiary/aromatic N) is 2. The Kier molecular flexibility index (Phi) is 6.47. The van der Waals surface area contributed by atoms with Crippen molar-refractivity contribution < 1.29 is 18.3 Å². The van der Waals surface area contributed by atoms with Gasteiger partial charge in [0.05, 0.1) is 21.3 Å². The molecule has 1 N–H and O–H groups in total. The minimum atomic E-state index is -3.78. The van der Waals surface area contributed by atoms with Gasteiger partial charge in [0.1, 0.15) is 4.90 Å². The van der Waals surface area contributed by atoms with Crippen molar-refractivity contribution in [3.05, 3.63) is 45.9 Å². The van der Waals surface area contributed by atoms with Crippen LogP contribution in [-0.2, 0) is 10.0 Å². The van der Waals surface area contributed by atoms with Crippen molar-refractivity contribution in [2.45, 2.75) is 43.0 Å². The highest BCUT2D eigenvalue weighted by Gasteiger charge is 2.39. The molecule has 1 aliphatic carbocycles. The van der Waals surface area contributed by atoms with Crippen LogP contribution in [-0.4, -0.2) is 50.5 Å². The van der Waals surface area contributed by atoms with Gasteiger partial charge in [-0.25, -0.2) is 13.2 Å². The lowest BCUT2D eigenvalue weighted by Gasteiger charge is -2.36. The largest absolute Gasteiger partial charge is 0.478 e. The van der Waals surface area contributed by atoms with E-state index in [1.165, 1.54) is 22.9 Å². The number of hydrogen-bond acceptors (Lipinski definition) is 4. The number of aromatic carboxylic acids is 1. The van der Waals surface area contributed by atoms with Crippen LogP contribution in [0.4, 0.5) is 5.69 Å². The fourth-order valence-electron chi connectivity index (χ4n) is 4.92. The van der Waals surface area contributed by atoms with Gasteiger partial charge < -0.3 is 10.0 Å². The van der Waals surface area contributed by atoms with Gasteiger partial charge in [-0.2, -0.15) is 4.31 Å². The summed E-state index contributed by atoms with van der Waals surface area (Å²) in [6.45, 7) is 0.590. The first-order chi connectivity index (χ1) is 15.1. The van der Waals surface area contributed by atoms with E-state index in [0.29, 0.717) is 34.3 Å². The van der Waals surface area contributed by atoms with Gasteiger partial charge in [-0.3, -0.25) is 0 Å². The average Bonchev–Trinajstić information content (AvgIpc) is 2.83. The van der Waals surface area contributed by atoms with Crippen molar-refractivity contribution in [3.8, 4) is 11.1 Å². The zero-order valence-electron chi connectivity index (χ0n) is 18.0. The Labute approximate surface area is 198 Å². The highest BCUT2D eigenvalue weighted by Crippen LogP contribution is 2.42. The Morgan fingerprint density at radius 1 is 1.03 bits per heavy atom. The van der Waals surface area contributed by atoms with Crippen LogP contribution in [0.3, 0.4) is 0 Å². The number of fused-ring (bicyclic) bond motifs is 1. The molecular weight excluding hydrogens is 471 g/mol. The second kappa shape index (κ2) is 8.86. The van der Waals surface area contributed by atoms with Gasteiger partial charge in [-0.15, -0.1) is 0 Å². The summed E-state index contributed by atoms with van der Waals surface area (Å²) >= 11 is 12.6. The van der Waals surface area contributed by atoms with Gasteiger partial charge in [0.25, 0.3) is 0 Å². The lowest BCUT2D eigenvalue weighted by atomic mass is 9.83. The molecule has 2 aromatic rings. The molecule has 172 valence electrons. The third-order valence-electron chi connectivity index (χ3n) is 6.75. The molecule has 9 heteroatoms. The van der Waals surface area contributed by atoms with E-state index in [-0.39, 0.29) is 21.5 Å². The van der Waals surface area contributed by atoms with Gasteiger partial charge >= 0.3 is 5.97 Å². The first-order valence-electron chi connectivity index (χ1n) is 10.7. The SMILES string of the molecule is CN1C[C@@H](C2CCCCC2)N(C)S(=O)(=O)c2cc(-c3ccc(Cl)c(C(=O)O)c3)c(Cl)cc21. The molecule has 0 amide bonds. The molecule has 1 aliphatic heterocycles. The summed E-state index contributed by atoms with van der Waals surface area (Å²) in [7, 11) is -0.224. The molecule has 1 saturated carbocycles. The van der Waals surface area contributed by atoms with Crippen molar-refractivity contribution in [2.75, 3.05) is 25.5 Å². The number of benzene rings is 2. The van der Waals surface area contributed by atoms with E-state index in [9.17, 15) is 18.3 Å². The summed E-state index contributed by atoms with van der Waals surface area (Å²) in [5.41, 5.74) is 1.43. The Balaban J connectivity index is 1.83. The topological polar surface area (TPSA) is 77.9 Å². The van der Waals surface area contributed by atoms with Crippen molar-refractivity contribution in [1.82, 2.24) is 4.31 Å². The van der Waals surface area contributed by atoms with E-state index < -0.39 is 16.0 Å². The molecule has 0 saturated heterocycles. The molecule has 0 radical (unpaired) electrons. The number of anilines is 1. The maximum Gasteiger partial charge on any atom is 0.337 e. The Bertz CT molecular complexity index is 1160. The molecule has 0 aromatic heterocycles. The Morgan fingerprint density at radius 3 is 2.38 bits per heavy atom. The molecule has 4 rings (SSSR count). The van der Waals surface area contributed by atoms with Crippen molar-refractivity contribution in [2.24, 2.45) is 5.92 Å². The van der Waals surface area contributed by atoms with Crippen LogP contribution in [0.1, 0.15) is 42.5 Å². The zero-order valence-corrected chi connectivity index (χ0v) is 20.3. The van der Waals surface area contributed by atoms with Crippen LogP contribution >= 0.6 is 23.2 Å². The molecular formula is C23H26Cl2N2O4S. The quantitative estimate of drug-likeness (QED) is 0.616. The third kappa shape index (κ3) is 4.12. The molecule has 2 aromatic carbocycles. The number of sulfonamides is 1. The summed E-state index contributed by atoms with van der Waals surface area (Å²) in [6, 6.07) is 7.64. The second-order valence-electron chi connectivity index (χ2n) is 8.67. The molecule has 32 heavy (non-hydrogen) atoms. The van der Waals surface area contributed by atoms with E-state index >= 15 is 0 Å². The van der Waals surface area contributed by atoms with Gasteiger partial charge in [-0.05, 0) is 48.6 Å². The number of likely N-dealkylation sites (N-methyl/N-ethyl adjacent to an activating group) is 2. The van der Waals surface area contributed by atoms with Crippen LogP contribution in [0.25, 0.3) is 11.1 Å². The number of carboxylic acid groups (broad SMARTS) is 1. The predicted molar refractivity (Wildman–Crippen MR) is 127 cm³/mol. The van der Waals surface area contributed by atoms with Crippen LogP contribution in [0.15, 0.2) is 35.2 Å². The predicted octanol–water partition coefficient (Wildman–Crippen LogP) is 5.38. The number of carbonyl (C=O) groups is 1. The fraction of sp³-hybridized carbons (Fsp3) is 0.435. The number of halogens is 2. The van der Waals surface area contributed by atoms with Crippen molar-refractivity contribution >= 4 is 44.9 Å². The van der Waals surface area contributed by atoms with E-state index in [1.807, 2.05) is 11.9 Å². The molecule has 6 nitrogen and oxygen atoms in total. The highest BCUT2D eigenvalue weighted by atomic mass is 35.5. The van der Waals surface area contributed by atoms with Crippen molar-refractivity contribution in [3.63, 3.8) is 0 Å². The van der Waals surface area contributed by atoms with Crippen LogP contribution in [0.2, 0.25) is 10.0 Å². The molecule has 0 spiro atoms. The summed E-state index contributed by atoms with van der Waals surface area (Å²) in [6.07, 6.45) is 5.52. The lowest BCUT2D eigenvalue weighted by Crippen LogP contribution is -2.46. The van der Waals surface area contributed by atoms with Crippen molar-refractivity contribution in [1.29, 1.82) is 0 Å². The maximum atomic E-state index is 13.7. The molecule has 1 heterocycles. The Hall–Kier alpha value is -1.80. The molecule has 0 unspecified atom stereocenters. The fourth-order valence-corrected chi connectivity index (χ4v) is 7.03. The first kappa shape index (κ1) is 23.4.